The molecule has 140 valence electrons. The SMILES string of the molecule is COC(=O)c1ccc(Oc2c(C(F)(F)F)oc3cc(O)ccc3c2=O)cc1. The highest BCUT2D eigenvalue weighted by Gasteiger charge is 2.40. The van der Waals surface area contributed by atoms with Gasteiger partial charge in [-0.1, -0.05) is 0 Å². The number of hydrogen-bond acceptors (Lipinski definition) is 6. The second-order valence-electron chi connectivity index (χ2n) is 5.39. The predicted molar refractivity (Wildman–Crippen MR) is 87.0 cm³/mol. The van der Waals surface area contributed by atoms with E-state index in [4.69, 9.17) is 9.15 Å². The molecule has 2 aromatic carbocycles. The molecule has 0 atom stereocenters. The number of phenolic OH excluding ortho intramolecular Hbond substituents is 1. The zero-order valence-electron chi connectivity index (χ0n) is 13.7. The molecule has 0 bridgehead atoms. The first kappa shape index (κ1) is 18.3. The number of ether oxygens (including phenoxy) is 2. The molecule has 1 heterocycles. The van der Waals surface area contributed by atoms with Crippen LogP contribution in [0, 0.1) is 0 Å². The summed E-state index contributed by atoms with van der Waals surface area (Å²) < 4.78 is 54.5. The number of aromatic hydroxyl groups is 1. The van der Waals surface area contributed by atoms with Crippen LogP contribution in [0.15, 0.2) is 51.7 Å². The summed E-state index contributed by atoms with van der Waals surface area (Å²) in [7, 11) is 1.18. The van der Waals surface area contributed by atoms with Gasteiger partial charge in [0.15, 0.2) is 0 Å². The molecule has 0 spiro atoms. The number of carbonyl (C=O) groups excluding carboxylic acids is 1. The highest BCUT2D eigenvalue weighted by atomic mass is 19.4. The Hall–Kier alpha value is -3.49. The van der Waals surface area contributed by atoms with E-state index in [0.29, 0.717) is 0 Å². The van der Waals surface area contributed by atoms with Crippen LogP contribution in [0.3, 0.4) is 0 Å². The molecular formula is C18H11F3O6. The summed E-state index contributed by atoms with van der Waals surface area (Å²) in [6.07, 6.45) is -5.01. The number of carbonyl (C=O) groups is 1. The van der Waals surface area contributed by atoms with Crippen molar-refractivity contribution in [3.8, 4) is 17.2 Å². The lowest BCUT2D eigenvalue weighted by Gasteiger charge is -2.13. The fourth-order valence-electron chi connectivity index (χ4n) is 2.34. The van der Waals surface area contributed by atoms with Crippen LogP contribution in [0.5, 0.6) is 17.2 Å². The molecule has 0 saturated carbocycles. The Balaban J connectivity index is 2.12. The highest BCUT2D eigenvalue weighted by molar-refractivity contribution is 5.89. The molecule has 3 rings (SSSR count). The molecule has 0 aliphatic carbocycles. The van der Waals surface area contributed by atoms with E-state index in [1.54, 1.807) is 0 Å². The van der Waals surface area contributed by atoms with Crippen molar-refractivity contribution in [2.75, 3.05) is 7.11 Å². The summed E-state index contributed by atoms with van der Waals surface area (Å²) in [5.41, 5.74) is -1.33. The van der Waals surface area contributed by atoms with Crippen molar-refractivity contribution in [2.24, 2.45) is 0 Å². The summed E-state index contributed by atoms with van der Waals surface area (Å²) in [5.74, 6) is -3.79. The number of halogens is 3. The van der Waals surface area contributed by atoms with Gasteiger partial charge in [0.1, 0.15) is 17.1 Å². The van der Waals surface area contributed by atoms with E-state index in [0.717, 1.165) is 18.2 Å². The minimum absolute atomic E-state index is 0.112. The monoisotopic (exact) mass is 380 g/mol. The molecule has 0 saturated heterocycles. The molecule has 1 N–H and O–H groups in total. The van der Waals surface area contributed by atoms with E-state index in [1.165, 1.54) is 31.4 Å². The van der Waals surface area contributed by atoms with Crippen LogP contribution in [0.2, 0.25) is 0 Å². The van der Waals surface area contributed by atoms with Crippen LogP contribution in [0.4, 0.5) is 13.2 Å². The Kier molecular flexibility index (Phi) is 4.52. The quantitative estimate of drug-likeness (QED) is 0.689. The molecule has 3 aromatic rings. The summed E-state index contributed by atoms with van der Waals surface area (Å²) in [4.78, 5) is 23.9. The van der Waals surface area contributed by atoms with Gasteiger partial charge in [-0.05, 0) is 36.4 Å². The lowest BCUT2D eigenvalue weighted by Crippen LogP contribution is -2.15. The van der Waals surface area contributed by atoms with Crippen LogP contribution < -0.4 is 10.2 Å². The molecule has 6 nitrogen and oxygen atoms in total. The molecule has 0 aliphatic heterocycles. The van der Waals surface area contributed by atoms with Gasteiger partial charge in [0, 0.05) is 6.07 Å². The van der Waals surface area contributed by atoms with Crippen LogP contribution >= 0.6 is 0 Å². The normalized spacial score (nSPS) is 11.4. The molecule has 27 heavy (non-hydrogen) atoms. The molecule has 0 unspecified atom stereocenters. The average Bonchev–Trinajstić information content (AvgIpc) is 2.62. The Morgan fingerprint density at radius 3 is 2.37 bits per heavy atom. The maximum Gasteiger partial charge on any atom is 0.453 e. The van der Waals surface area contributed by atoms with Crippen molar-refractivity contribution in [2.45, 2.75) is 6.18 Å². The van der Waals surface area contributed by atoms with Gasteiger partial charge in [-0.15, -0.1) is 0 Å². The zero-order chi connectivity index (χ0) is 19.8. The Morgan fingerprint density at radius 1 is 1.11 bits per heavy atom. The second kappa shape index (κ2) is 6.67. The zero-order valence-corrected chi connectivity index (χ0v) is 13.7. The van der Waals surface area contributed by atoms with E-state index in [9.17, 15) is 27.9 Å². The molecule has 0 aliphatic rings. The first-order valence-electron chi connectivity index (χ1n) is 7.44. The van der Waals surface area contributed by atoms with Gasteiger partial charge in [-0.3, -0.25) is 4.79 Å². The number of benzene rings is 2. The van der Waals surface area contributed by atoms with Gasteiger partial charge >= 0.3 is 12.1 Å². The highest BCUT2D eigenvalue weighted by Crippen LogP contribution is 2.38. The van der Waals surface area contributed by atoms with Crippen LogP contribution in [0.25, 0.3) is 11.0 Å². The third kappa shape index (κ3) is 3.57. The van der Waals surface area contributed by atoms with Gasteiger partial charge in [0.25, 0.3) is 5.76 Å². The molecule has 9 heteroatoms. The molecular weight excluding hydrogens is 369 g/mol. The number of fused-ring (bicyclic) bond motifs is 1. The minimum Gasteiger partial charge on any atom is -0.508 e. The Bertz CT molecular complexity index is 1070. The summed E-state index contributed by atoms with van der Waals surface area (Å²) >= 11 is 0. The van der Waals surface area contributed by atoms with Crippen molar-refractivity contribution < 1.29 is 37.0 Å². The van der Waals surface area contributed by atoms with Crippen molar-refractivity contribution in [1.29, 1.82) is 0 Å². The van der Waals surface area contributed by atoms with Gasteiger partial charge in [0.05, 0.1) is 18.1 Å². The van der Waals surface area contributed by atoms with Gasteiger partial charge < -0.3 is 19.0 Å². The number of alkyl halides is 3. The first-order valence-corrected chi connectivity index (χ1v) is 7.44. The molecule has 1 aromatic heterocycles. The fourth-order valence-corrected chi connectivity index (χ4v) is 2.34. The largest absolute Gasteiger partial charge is 0.508 e. The van der Waals surface area contributed by atoms with E-state index >= 15 is 0 Å². The van der Waals surface area contributed by atoms with Crippen LogP contribution in [-0.2, 0) is 10.9 Å². The Labute approximate surface area is 149 Å². The van der Waals surface area contributed by atoms with Gasteiger partial charge in [-0.25, -0.2) is 4.79 Å². The molecule has 0 amide bonds. The maximum absolute atomic E-state index is 13.3. The summed E-state index contributed by atoms with van der Waals surface area (Å²) in [6.45, 7) is 0. The summed E-state index contributed by atoms with van der Waals surface area (Å²) in [6, 6.07) is 8.15. The van der Waals surface area contributed by atoms with Crippen molar-refractivity contribution in [1.82, 2.24) is 0 Å². The lowest BCUT2D eigenvalue weighted by atomic mass is 10.2. The number of methoxy groups -OCH3 is 1. The van der Waals surface area contributed by atoms with Gasteiger partial charge in [0.2, 0.25) is 11.2 Å². The van der Waals surface area contributed by atoms with Crippen molar-refractivity contribution in [3.05, 3.63) is 64.0 Å². The predicted octanol–water partition coefficient (Wildman–Crippen LogP) is 4.10. The molecule has 0 radical (unpaired) electrons. The van der Waals surface area contributed by atoms with E-state index in [1.807, 2.05) is 0 Å². The summed E-state index contributed by atoms with van der Waals surface area (Å²) in [5, 5.41) is 9.21. The minimum atomic E-state index is -5.01. The smallest absolute Gasteiger partial charge is 0.453 e. The van der Waals surface area contributed by atoms with Gasteiger partial charge in [-0.2, -0.15) is 13.2 Å². The molecule has 0 fully saturated rings. The van der Waals surface area contributed by atoms with E-state index < -0.39 is 34.7 Å². The number of phenols is 1. The number of esters is 1. The van der Waals surface area contributed by atoms with E-state index in [-0.39, 0.29) is 22.4 Å². The Morgan fingerprint density at radius 2 is 1.78 bits per heavy atom. The maximum atomic E-state index is 13.3. The lowest BCUT2D eigenvalue weighted by molar-refractivity contribution is -0.154. The number of rotatable bonds is 3. The van der Waals surface area contributed by atoms with Crippen molar-refractivity contribution >= 4 is 16.9 Å². The fraction of sp³-hybridized carbons (Fsp3) is 0.111. The number of hydrogen-bond donors (Lipinski definition) is 1. The van der Waals surface area contributed by atoms with E-state index in [2.05, 4.69) is 4.74 Å². The average molecular weight is 380 g/mol. The van der Waals surface area contributed by atoms with Crippen LogP contribution in [0.1, 0.15) is 16.1 Å². The first-order chi connectivity index (χ1) is 12.7. The second-order valence-corrected chi connectivity index (χ2v) is 5.39. The van der Waals surface area contributed by atoms with Crippen molar-refractivity contribution in [3.63, 3.8) is 0 Å². The topological polar surface area (TPSA) is 86.0 Å². The van der Waals surface area contributed by atoms with Crippen LogP contribution in [-0.4, -0.2) is 18.2 Å². The third-order valence-corrected chi connectivity index (χ3v) is 3.59. The third-order valence-electron chi connectivity index (χ3n) is 3.59. The standard InChI is InChI=1S/C18H11F3O6/c1-25-17(24)9-2-5-11(6-3-9)26-15-14(23)12-7-4-10(22)8-13(12)27-16(15)18(19,20)21/h2-8,22H,1H3.